The van der Waals surface area contributed by atoms with Crippen LogP contribution in [0.1, 0.15) is 25.0 Å². The van der Waals surface area contributed by atoms with Crippen LogP contribution in [-0.4, -0.2) is 29.0 Å². The molecule has 3 N–H and O–H groups in total. The number of amides is 1. The van der Waals surface area contributed by atoms with E-state index >= 15 is 0 Å². The van der Waals surface area contributed by atoms with E-state index in [0.29, 0.717) is 17.1 Å². The number of nitrogens with one attached hydrogen (secondary N) is 1. The van der Waals surface area contributed by atoms with E-state index in [9.17, 15) is 4.79 Å². The van der Waals surface area contributed by atoms with Gasteiger partial charge in [-0.25, -0.2) is 4.98 Å². The van der Waals surface area contributed by atoms with E-state index < -0.39 is 0 Å². The number of nitrogen functional groups attached to an aromatic ring is 1. The van der Waals surface area contributed by atoms with Gasteiger partial charge in [0, 0.05) is 18.8 Å². The van der Waals surface area contributed by atoms with Crippen molar-refractivity contribution in [3.8, 4) is 0 Å². The van der Waals surface area contributed by atoms with Crippen LogP contribution in [0.15, 0.2) is 36.7 Å². The third kappa shape index (κ3) is 6.07. The number of anilines is 3. The van der Waals surface area contributed by atoms with Crippen molar-refractivity contribution in [2.45, 2.75) is 25.7 Å². The van der Waals surface area contributed by atoms with E-state index in [1.54, 1.807) is 24.5 Å². The van der Waals surface area contributed by atoms with Crippen molar-refractivity contribution in [2.75, 3.05) is 29.0 Å². The number of hydrogen-bond donors (Lipinski definition) is 2. The van der Waals surface area contributed by atoms with Crippen molar-refractivity contribution >= 4 is 47.9 Å². The minimum atomic E-state index is -0.116. The summed E-state index contributed by atoms with van der Waals surface area (Å²) in [5.74, 6) is 0.859. The lowest BCUT2D eigenvalue weighted by atomic mass is 10.1. The molecule has 6 nitrogen and oxygen atoms in total. The largest absolute Gasteiger partial charge is 0.397 e. The lowest BCUT2D eigenvalue weighted by Crippen LogP contribution is -2.30. The SMILES string of the molecule is Cl.Cl.Nc1ccc(CC(=O)Nc2ccc(N3CCCCC3)nc2)nc1. The molecule has 0 unspecified atom stereocenters. The van der Waals surface area contributed by atoms with Crippen LogP contribution in [0.3, 0.4) is 0 Å². The average molecular weight is 384 g/mol. The lowest BCUT2D eigenvalue weighted by molar-refractivity contribution is -0.115. The fourth-order valence-corrected chi connectivity index (χ4v) is 2.68. The molecule has 1 fully saturated rings. The molecule has 0 radical (unpaired) electrons. The molecule has 136 valence electrons. The monoisotopic (exact) mass is 383 g/mol. The molecule has 1 aliphatic heterocycles. The summed E-state index contributed by atoms with van der Waals surface area (Å²) >= 11 is 0. The maximum atomic E-state index is 12.0. The summed E-state index contributed by atoms with van der Waals surface area (Å²) in [7, 11) is 0. The Hall–Kier alpha value is -2.05. The first-order valence-corrected chi connectivity index (χ1v) is 7.92. The van der Waals surface area contributed by atoms with Crippen LogP contribution in [0.5, 0.6) is 0 Å². The summed E-state index contributed by atoms with van der Waals surface area (Å²) in [6.07, 6.45) is 7.21. The highest BCUT2D eigenvalue weighted by atomic mass is 35.5. The van der Waals surface area contributed by atoms with Crippen LogP contribution in [0.25, 0.3) is 0 Å². The van der Waals surface area contributed by atoms with E-state index in [0.717, 1.165) is 18.9 Å². The Labute approximate surface area is 160 Å². The maximum Gasteiger partial charge on any atom is 0.230 e. The maximum absolute atomic E-state index is 12.0. The van der Waals surface area contributed by atoms with Gasteiger partial charge in [0.1, 0.15) is 5.82 Å². The summed E-state index contributed by atoms with van der Waals surface area (Å²) in [5, 5.41) is 2.84. The first kappa shape index (κ1) is 21.0. The molecule has 0 aliphatic carbocycles. The highest BCUT2D eigenvalue weighted by molar-refractivity contribution is 5.92. The fourth-order valence-electron chi connectivity index (χ4n) is 2.68. The molecule has 0 bridgehead atoms. The number of pyridine rings is 2. The first-order chi connectivity index (χ1) is 11.2. The Morgan fingerprint density at radius 1 is 1.04 bits per heavy atom. The third-order valence-electron chi connectivity index (χ3n) is 3.90. The van der Waals surface area contributed by atoms with Gasteiger partial charge in [0.15, 0.2) is 0 Å². The van der Waals surface area contributed by atoms with Gasteiger partial charge in [-0.05, 0) is 43.5 Å². The van der Waals surface area contributed by atoms with Gasteiger partial charge >= 0.3 is 0 Å². The number of hydrogen-bond acceptors (Lipinski definition) is 5. The number of piperidine rings is 1. The fraction of sp³-hybridized carbons (Fsp3) is 0.353. The van der Waals surface area contributed by atoms with Crippen LogP contribution in [0, 0.1) is 0 Å². The molecule has 3 heterocycles. The minimum Gasteiger partial charge on any atom is -0.397 e. The van der Waals surface area contributed by atoms with Crippen molar-refractivity contribution in [1.29, 1.82) is 0 Å². The van der Waals surface area contributed by atoms with Crippen LogP contribution in [0.2, 0.25) is 0 Å². The number of rotatable bonds is 4. The summed E-state index contributed by atoms with van der Waals surface area (Å²) in [6, 6.07) is 7.35. The topological polar surface area (TPSA) is 84.1 Å². The number of aromatic nitrogens is 2. The highest BCUT2D eigenvalue weighted by Gasteiger charge is 2.12. The molecule has 2 aromatic heterocycles. The number of nitrogens with zero attached hydrogens (tertiary/aromatic N) is 3. The van der Waals surface area contributed by atoms with Gasteiger partial charge in [0.2, 0.25) is 5.91 Å². The average Bonchev–Trinajstić information content (AvgIpc) is 2.58. The summed E-state index contributed by atoms with van der Waals surface area (Å²) < 4.78 is 0. The lowest BCUT2D eigenvalue weighted by Gasteiger charge is -2.27. The van der Waals surface area contributed by atoms with Crippen molar-refractivity contribution in [2.24, 2.45) is 0 Å². The summed E-state index contributed by atoms with van der Waals surface area (Å²) in [4.78, 5) is 22.9. The van der Waals surface area contributed by atoms with E-state index in [1.165, 1.54) is 19.3 Å². The highest BCUT2D eigenvalue weighted by Crippen LogP contribution is 2.19. The molecule has 8 heteroatoms. The van der Waals surface area contributed by atoms with Crippen LogP contribution < -0.4 is 16.0 Å². The van der Waals surface area contributed by atoms with Gasteiger partial charge in [0.25, 0.3) is 0 Å². The van der Waals surface area contributed by atoms with Gasteiger partial charge in [-0.1, -0.05) is 0 Å². The zero-order chi connectivity index (χ0) is 16.1. The first-order valence-electron chi connectivity index (χ1n) is 7.92. The van der Waals surface area contributed by atoms with Gasteiger partial charge in [0.05, 0.1) is 30.2 Å². The Balaban J connectivity index is 0.00000156. The van der Waals surface area contributed by atoms with Crippen molar-refractivity contribution in [3.05, 3.63) is 42.4 Å². The molecule has 2 aromatic rings. The zero-order valence-electron chi connectivity index (χ0n) is 13.9. The molecular formula is C17H23Cl2N5O. The summed E-state index contributed by atoms with van der Waals surface area (Å²) in [6.45, 7) is 2.11. The Kier molecular flexibility index (Phi) is 8.45. The van der Waals surface area contributed by atoms with Gasteiger partial charge < -0.3 is 16.0 Å². The van der Waals surface area contributed by atoms with E-state index in [2.05, 4.69) is 20.2 Å². The van der Waals surface area contributed by atoms with Crippen LogP contribution in [0.4, 0.5) is 17.2 Å². The third-order valence-corrected chi connectivity index (χ3v) is 3.90. The Morgan fingerprint density at radius 2 is 1.80 bits per heavy atom. The Morgan fingerprint density at radius 3 is 2.40 bits per heavy atom. The van der Waals surface area contributed by atoms with Crippen molar-refractivity contribution in [3.63, 3.8) is 0 Å². The molecular weight excluding hydrogens is 361 g/mol. The predicted molar refractivity (Wildman–Crippen MR) is 106 cm³/mol. The zero-order valence-corrected chi connectivity index (χ0v) is 15.5. The molecule has 25 heavy (non-hydrogen) atoms. The molecule has 0 aromatic carbocycles. The normalized spacial score (nSPS) is 13.4. The predicted octanol–water partition coefficient (Wildman–Crippen LogP) is 3.07. The van der Waals surface area contributed by atoms with E-state index in [-0.39, 0.29) is 37.1 Å². The molecule has 1 amide bonds. The number of halogens is 2. The summed E-state index contributed by atoms with van der Waals surface area (Å²) in [5.41, 5.74) is 7.56. The second-order valence-electron chi connectivity index (χ2n) is 5.76. The van der Waals surface area contributed by atoms with E-state index in [1.807, 2.05) is 12.1 Å². The number of carbonyl (C=O) groups is 1. The van der Waals surface area contributed by atoms with Crippen LogP contribution in [-0.2, 0) is 11.2 Å². The number of nitrogens with two attached hydrogens (primary N) is 1. The Bertz CT molecular complexity index is 658. The van der Waals surface area contributed by atoms with Gasteiger partial charge in [-0.15, -0.1) is 24.8 Å². The second kappa shape index (κ2) is 10.1. The van der Waals surface area contributed by atoms with E-state index in [4.69, 9.17) is 5.73 Å². The number of carbonyl (C=O) groups excluding carboxylic acids is 1. The molecule has 1 aliphatic rings. The van der Waals surface area contributed by atoms with Crippen molar-refractivity contribution in [1.82, 2.24) is 9.97 Å². The van der Waals surface area contributed by atoms with Gasteiger partial charge in [-0.2, -0.15) is 0 Å². The molecule has 1 saturated heterocycles. The molecule has 3 rings (SSSR count). The van der Waals surface area contributed by atoms with Crippen molar-refractivity contribution < 1.29 is 4.79 Å². The van der Waals surface area contributed by atoms with Crippen LogP contribution >= 0.6 is 24.8 Å². The smallest absolute Gasteiger partial charge is 0.230 e. The standard InChI is InChI=1S/C17H21N5O.2ClH/c18-13-4-5-14(19-11-13)10-17(23)21-15-6-7-16(20-12-15)22-8-2-1-3-9-22;;/h4-7,11-12H,1-3,8-10,18H2,(H,21,23);2*1H. The van der Waals surface area contributed by atoms with Gasteiger partial charge in [-0.3, -0.25) is 9.78 Å². The minimum absolute atomic E-state index is 0. The molecule has 0 saturated carbocycles. The molecule has 0 atom stereocenters. The quantitative estimate of drug-likeness (QED) is 0.847. The molecule has 0 spiro atoms. The second-order valence-corrected chi connectivity index (χ2v) is 5.76.